The van der Waals surface area contributed by atoms with Gasteiger partial charge in [0.1, 0.15) is 12.1 Å². The molecule has 11 heavy (non-hydrogen) atoms. The molecule has 1 fully saturated rings. The molecule has 1 aliphatic heterocycles. The molecular formula is C7H11FO3. The van der Waals surface area contributed by atoms with Crippen LogP contribution >= 0.6 is 0 Å². The van der Waals surface area contributed by atoms with Gasteiger partial charge in [0.15, 0.2) is 0 Å². The van der Waals surface area contributed by atoms with E-state index in [0.717, 1.165) is 0 Å². The summed E-state index contributed by atoms with van der Waals surface area (Å²) >= 11 is 0. The quantitative estimate of drug-likeness (QED) is 0.528. The van der Waals surface area contributed by atoms with E-state index >= 15 is 0 Å². The van der Waals surface area contributed by atoms with Gasteiger partial charge >= 0.3 is 5.97 Å². The molecule has 3 nitrogen and oxygen atoms in total. The SMILES string of the molecule is COC(=O)C1COCCC1F. The van der Waals surface area contributed by atoms with Crippen LogP contribution in [0.25, 0.3) is 0 Å². The maximum absolute atomic E-state index is 12.9. The average molecular weight is 162 g/mol. The Morgan fingerprint density at radius 3 is 3.00 bits per heavy atom. The van der Waals surface area contributed by atoms with Crippen LogP contribution in [-0.2, 0) is 14.3 Å². The second kappa shape index (κ2) is 3.67. The van der Waals surface area contributed by atoms with Crippen molar-refractivity contribution in [2.45, 2.75) is 12.6 Å². The van der Waals surface area contributed by atoms with E-state index < -0.39 is 18.1 Å². The van der Waals surface area contributed by atoms with Crippen LogP contribution in [0.5, 0.6) is 0 Å². The first-order chi connectivity index (χ1) is 5.25. The van der Waals surface area contributed by atoms with E-state index in [0.29, 0.717) is 13.0 Å². The minimum absolute atomic E-state index is 0.147. The second-order valence-corrected chi connectivity index (χ2v) is 2.51. The maximum Gasteiger partial charge on any atom is 0.313 e. The molecule has 0 N–H and O–H groups in total. The lowest BCUT2D eigenvalue weighted by Gasteiger charge is -2.23. The molecule has 0 amide bonds. The van der Waals surface area contributed by atoms with Crippen molar-refractivity contribution in [2.24, 2.45) is 5.92 Å². The third-order valence-electron chi connectivity index (χ3n) is 1.78. The number of carbonyl (C=O) groups excluding carboxylic acids is 1. The van der Waals surface area contributed by atoms with Crippen molar-refractivity contribution in [1.82, 2.24) is 0 Å². The largest absolute Gasteiger partial charge is 0.469 e. The zero-order chi connectivity index (χ0) is 8.27. The van der Waals surface area contributed by atoms with E-state index in [9.17, 15) is 9.18 Å². The molecule has 0 aliphatic carbocycles. The number of carbonyl (C=O) groups is 1. The van der Waals surface area contributed by atoms with Gasteiger partial charge in [0.25, 0.3) is 0 Å². The number of rotatable bonds is 1. The maximum atomic E-state index is 12.9. The summed E-state index contributed by atoms with van der Waals surface area (Å²) in [4.78, 5) is 10.8. The molecule has 64 valence electrons. The number of esters is 1. The monoisotopic (exact) mass is 162 g/mol. The van der Waals surface area contributed by atoms with Gasteiger partial charge in [-0.3, -0.25) is 4.79 Å². The molecule has 1 saturated heterocycles. The van der Waals surface area contributed by atoms with Crippen LogP contribution in [0, 0.1) is 5.92 Å². The smallest absolute Gasteiger partial charge is 0.313 e. The Hall–Kier alpha value is -0.640. The van der Waals surface area contributed by atoms with E-state index in [-0.39, 0.29) is 6.61 Å². The van der Waals surface area contributed by atoms with Gasteiger partial charge in [-0.2, -0.15) is 0 Å². The highest BCUT2D eigenvalue weighted by Gasteiger charge is 2.32. The molecule has 0 aromatic heterocycles. The van der Waals surface area contributed by atoms with Crippen LogP contribution in [0.3, 0.4) is 0 Å². The first-order valence-corrected chi connectivity index (χ1v) is 3.55. The first-order valence-electron chi connectivity index (χ1n) is 3.55. The molecular weight excluding hydrogens is 151 g/mol. The summed E-state index contributed by atoms with van der Waals surface area (Å²) in [5, 5.41) is 0. The lowest BCUT2D eigenvalue weighted by molar-refractivity contribution is -0.153. The fourth-order valence-corrected chi connectivity index (χ4v) is 1.08. The van der Waals surface area contributed by atoms with Gasteiger partial charge in [0.2, 0.25) is 0 Å². The molecule has 0 saturated carbocycles. The summed E-state index contributed by atoms with van der Waals surface area (Å²) in [6.07, 6.45) is -0.809. The van der Waals surface area contributed by atoms with E-state index in [4.69, 9.17) is 4.74 Å². The third kappa shape index (κ3) is 1.89. The number of halogens is 1. The molecule has 1 rings (SSSR count). The normalized spacial score (nSPS) is 31.5. The number of hydrogen-bond donors (Lipinski definition) is 0. The molecule has 0 radical (unpaired) electrons. The van der Waals surface area contributed by atoms with E-state index in [1.54, 1.807) is 0 Å². The summed E-state index contributed by atoms with van der Waals surface area (Å²) < 4.78 is 22.2. The predicted molar refractivity (Wildman–Crippen MR) is 35.8 cm³/mol. The number of methoxy groups -OCH3 is 1. The van der Waals surface area contributed by atoms with Crippen molar-refractivity contribution < 1.29 is 18.7 Å². The zero-order valence-electron chi connectivity index (χ0n) is 6.38. The number of alkyl halides is 1. The van der Waals surface area contributed by atoms with Gasteiger partial charge in [-0.15, -0.1) is 0 Å². The molecule has 2 atom stereocenters. The number of ether oxygens (including phenoxy) is 2. The minimum atomic E-state index is -1.10. The summed E-state index contributed by atoms with van der Waals surface area (Å²) in [5.74, 6) is -1.23. The summed E-state index contributed by atoms with van der Waals surface area (Å²) in [6, 6.07) is 0. The number of hydrogen-bond acceptors (Lipinski definition) is 3. The lowest BCUT2D eigenvalue weighted by atomic mass is 10.0. The second-order valence-electron chi connectivity index (χ2n) is 2.51. The van der Waals surface area contributed by atoms with Crippen LogP contribution in [0.2, 0.25) is 0 Å². The Labute approximate surface area is 64.5 Å². The van der Waals surface area contributed by atoms with Gasteiger partial charge in [0, 0.05) is 13.0 Å². The molecule has 0 aromatic carbocycles. The van der Waals surface area contributed by atoms with Crippen LogP contribution in [0.4, 0.5) is 4.39 Å². The summed E-state index contributed by atoms with van der Waals surface area (Å²) in [5.41, 5.74) is 0. The Morgan fingerprint density at radius 2 is 2.45 bits per heavy atom. The van der Waals surface area contributed by atoms with Crippen LogP contribution in [0.1, 0.15) is 6.42 Å². The minimum Gasteiger partial charge on any atom is -0.469 e. The van der Waals surface area contributed by atoms with Crippen molar-refractivity contribution in [2.75, 3.05) is 20.3 Å². The van der Waals surface area contributed by atoms with Crippen LogP contribution in [0.15, 0.2) is 0 Å². The van der Waals surface area contributed by atoms with Crippen molar-refractivity contribution in [3.05, 3.63) is 0 Å². The van der Waals surface area contributed by atoms with Gasteiger partial charge in [-0.25, -0.2) is 4.39 Å². The summed E-state index contributed by atoms with van der Waals surface area (Å²) in [7, 11) is 1.25. The topological polar surface area (TPSA) is 35.5 Å². The van der Waals surface area contributed by atoms with E-state index in [1.807, 2.05) is 0 Å². The molecule has 0 bridgehead atoms. The molecule has 1 aliphatic rings. The fourth-order valence-electron chi connectivity index (χ4n) is 1.08. The highest BCUT2D eigenvalue weighted by molar-refractivity contribution is 5.73. The third-order valence-corrected chi connectivity index (χ3v) is 1.78. The van der Waals surface area contributed by atoms with Gasteiger partial charge in [-0.05, 0) is 0 Å². The van der Waals surface area contributed by atoms with E-state index in [2.05, 4.69) is 4.74 Å². The van der Waals surface area contributed by atoms with Gasteiger partial charge < -0.3 is 9.47 Å². The van der Waals surface area contributed by atoms with Gasteiger partial charge in [-0.1, -0.05) is 0 Å². The predicted octanol–water partition coefficient (Wildman–Crippen LogP) is 0.534. The average Bonchev–Trinajstić information content (AvgIpc) is 2.04. The Kier molecular flexibility index (Phi) is 2.82. The molecule has 1 heterocycles. The van der Waals surface area contributed by atoms with Crippen LogP contribution < -0.4 is 0 Å². The Balaban J connectivity index is 2.47. The highest BCUT2D eigenvalue weighted by Crippen LogP contribution is 2.18. The van der Waals surface area contributed by atoms with Crippen LogP contribution in [-0.4, -0.2) is 32.5 Å². The molecule has 0 spiro atoms. The Bertz CT molecular complexity index is 149. The van der Waals surface area contributed by atoms with Crippen molar-refractivity contribution in [3.8, 4) is 0 Å². The Morgan fingerprint density at radius 1 is 1.73 bits per heavy atom. The molecule has 2 unspecified atom stereocenters. The van der Waals surface area contributed by atoms with Crippen molar-refractivity contribution in [1.29, 1.82) is 0 Å². The fraction of sp³-hybridized carbons (Fsp3) is 0.857. The van der Waals surface area contributed by atoms with Gasteiger partial charge in [0.05, 0.1) is 13.7 Å². The van der Waals surface area contributed by atoms with Crippen molar-refractivity contribution >= 4 is 5.97 Å². The highest BCUT2D eigenvalue weighted by atomic mass is 19.1. The zero-order valence-corrected chi connectivity index (χ0v) is 6.38. The lowest BCUT2D eigenvalue weighted by Crippen LogP contribution is -2.35. The van der Waals surface area contributed by atoms with Crippen molar-refractivity contribution in [3.63, 3.8) is 0 Å². The summed E-state index contributed by atoms with van der Waals surface area (Å²) in [6.45, 7) is 0.544. The first kappa shape index (κ1) is 8.46. The molecule has 0 aromatic rings. The molecule has 4 heteroatoms. The van der Waals surface area contributed by atoms with E-state index in [1.165, 1.54) is 7.11 Å². The standard InChI is InChI=1S/C7H11FO3/c1-10-7(9)5-4-11-3-2-6(5)8/h5-6H,2-4H2,1H3.